The molecule has 1 heterocycles. The van der Waals surface area contributed by atoms with E-state index in [0.29, 0.717) is 5.92 Å². The lowest BCUT2D eigenvalue weighted by molar-refractivity contribution is -0.121. The van der Waals surface area contributed by atoms with E-state index in [2.05, 4.69) is 22.8 Å². The van der Waals surface area contributed by atoms with Crippen LogP contribution in [0, 0.1) is 0 Å². The molecule has 2 N–H and O–H groups in total. The molecule has 0 radical (unpaired) electrons. The lowest BCUT2D eigenvalue weighted by Gasteiger charge is -2.33. The Morgan fingerprint density at radius 2 is 2.17 bits per heavy atom. The van der Waals surface area contributed by atoms with Gasteiger partial charge in [-0.15, -0.1) is 11.6 Å². The van der Waals surface area contributed by atoms with E-state index in [4.69, 9.17) is 11.6 Å². The van der Waals surface area contributed by atoms with Crippen molar-refractivity contribution in [1.82, 2.24) is 10.6 Å². The summed E-state index contributed by atoms with van der Waals surface area (Å²) in [5.74, 6) is 0.276. The first-order valence-corrected chi connectivity index (χ1v) is 6.82. The zero-order chi connectivity index (χ0) is 13.0. The highest BCUT2D eigenvalue weighted by Gasteiger charge is 2.28. The van der Waals surface area contributed by atoms with Crippen molar-refractivity contribution in [2.75, 3.05) is 13.1 Å². The molecule has 1 aliphatic heterocycles. The lowest BCUT2D eigenvalue weighted by Crippen LogP contribution is -2.51. The van der Waals surface area contributed by atoms with E-state index in [0.717, 1.165) is 19.5 Å². The number of alkyl halides is 1. The van der Waals surface area contributed by atoms with Crippen molar-refractivity contribution in [2.45, 2.75) is 30.7 Å². The van der Waals surface area contributed by atoms with Gasteiger partial charge in [0.15, 0.2) is 0 Å². The summed E-state index contributed by atoms with van der Waals surface area (Å²) in [6.07, 6.45) is 1.03. The fourth-order valence-electron chi connectivity index (χ4n) is 2.41. The Morgan fingerprint density at radius 1 is 1.44 bits per heavy atom. The smallest absolute Gasteiger partial charge is 0.238 e. The summed E-state index contributed by atoms with van der Waals surface area (Å²) in [5.41, 5.74) is 1.28. The van der Waals surface area contributed by atoms with E-state index >= 15 is 0 Å². The van der Waals surface area contributed by atoms with E-state index in [1.165, 1.54) is 5.56 Å². The third-order valence-electron chi connectivity index (χ3n) is 3.40. The second kappa shape index (κ2) is 6.21. The number of rotatable bonds is 3. The summed E-state index contributed by atoms with van der Waals surface area (Å²) < 4.78 is 0. The van der Waals surface area contributed by atoms with Crippen LogP contribution in [0.15, 0.2) is 30.3 Å². The molecule has 1 fully saturated rings. The van der Waals surface area contributed by atoms with E-state index in [1.54, 1.807) is 6.92 Å². The van der Waals surface area contributed by atoms with Crippen molar-refractivity contribution in [3.05, 3.63) is 35.9 Å². The van der Waals surface area contributed by atoms with Crippen LogP contribution >= 0.6 is 11.6 Å². The lowest BCUT2D eigenvalue weighted by atomic mass is 9.86. The van der Waals surface area contributed by atoms with Crippen LogP contribution in [0.2, 0.25) is 0 Å². The van der Waals surface area contributed by atoms with Gasteiger partial charge in [0, 0.05) is 18.5 Å². The number of nitrogens with one attached hydrogen (secondary N) is 2. The second-order valence-electron chi connectivity index (χ2n) is 4.74. The van der Waals surface area contributed by atoms with Crippen LogP contribution in [-0.4, -0.2) is 30.4 Å². The van der Waals surface area contributed by atoms with Gasteiger partial charge in [-0.3, -0.25) is 4.79 Å². The molecule has 2 rings (SSSR count). The molecule has 0 aliphatic carbocycles. The van der Waals surface area contributed by atoms with Gasteiger partial charge in [-0.25, -0.2) is 0 Å². The molecule has 1 aliphatic rings. The minimum Gasteiger partial charge on any atom is -0.350 e. The van der Waals surface area contributed by atoms with Gasteiger partial charge in [-0.2, -0.15) is 0 Å². The van der Waals surface area contributed by atoms with E-state index in [-0.39, 0.29) is 11.9 Å². The van der Waals surface area contributed by atoms with Crippen LogP contribution in [0.5, 0.6) is 0 Å². The SMILES string of the molecule is CC(Cl)C(=O)NC1CNCCC1c1ccccc1. The number of benzene rings is 1. The summed E-state index contributed by atoms with van der Waals surface area (Å²) in [4.78, 5) is 11.7. The average Bonchev–Trinajstić information content (AvgIpc) is 2.40. The van der Waals surface area contributed by atoms with Crippen molar-refractivity contribution in [3.63, 3.8) is 0 Å². The maximum Gasteiger partial charge on any atom is 0.238 e. The zero-order valence-electron chi connectivity index (χ0n) is 10.5. The van der Waals surface area contributed by atoms with Gasteiger partial charge in [0.05, 0.1) is 0 Å². The first-order valence-electron chi connectivity index (χ1n) is 6.38. The summed E-state index contributed by atoms with van der Waals surface area (Å²) in [6, 6.07) is 10.5. The number of halogens is 1. The highest BCUT2D eigenvalue weighted by Crippen LogP contribution is 2.25. The molecule has 1 aromatic carbocycles. The molecule has 3 unspecified atom stereocenters. The van der Waals surface area contributed by atoms with Crippen LogP contribution in [0.1, 0.15) is 24.8 Å². The predicted molar refractivity (Wildman–Crippen MR) is 73.9 cm³/mol. The van der Waals surface area contributed by atoms with E-state index < -0.39 is 5.38 Å². The normalized spacial score (nSPS) is 25.4. The third kappa shape index (κ3) is 3.24. The Bertz CT molecular complexity index is 394. The van der Waals surface area contributed by atoms with Gasteiger partial charge in [0.25, 0.3) is 0 Å². The standard InChI is InChI=1S/C14H19ClN2O/c1-10(15)14(18)17-13-9-16-8-7-12(13)11-5-3-2-4-6-11/h2-6,10,12-13,16H,7-9H2,1H3,(H,17,18). The first kappa shape index (κ1) is 13.4. The number of amides is 1. The maximum atomic E-state index is 11.7. The molecule has 98 valence electrons. The quantitative estimate of drug-likeness (QED) is 0.821. The van der Waals surface area contributed by atoms with Gasteiger partial charge in [-0.1, -0.05) is 30.3 Å². The number of hydrogen-bond acceptors (Lipinski definition) is 2. The zero-order valence-corrected chi connectivity index (χ0v) is 11.3. The molecule has 0 bridgehead atoms. The fraction of sp³-hybridized carbons (Fsp3) is 0.500. The Kier molecular flexibility index (Phi) is 4.61. The Hall–Kier alpha value is -1.06. The molecule has 18 heavy (non-hydrogen) atoms. The summed E-state index contributed by atoms with van der Waals surface area (Å²) in [7, 11) is 0. The van der Waals surface area contributed by atoms with Crippen LogP contribution in [0.3, 0.4) is 0 Å². The van der Waals surface area contributed by atoms with Crippen LogP contribution in [-0.2, 0) is 4.79 Å². The summed E-state index contributed by atoms with van der Waals surface area (Å²) >= 11 is 5.81. The molecule has 0 saturated carbocycles. The van der Waals surface area contributed by atoms with Crippen molar-refractivity contribution in [2.24, 2.45) is 0 Å². The molecule has 3 nitrogen and oxygen atoms in total. The molecule has 0 spiro atoms. The largest absolute Gasteiger partial charge is 0.350 e. The Balaban J connectivity index is 2.09. The Labute approximate surface area is 113 Å². The molecule has 3 atom stereocenters. The van der Waals surface area contributed by atoms with Crippen LogP contribution in [0.25, 0.3) is 0 Å². The Morgan fingerprint density at radius 3 is 2.83 bits per heavy atom. The first-order chi connectivity index (χ1) is 8.68. The van der Waals surface area contributed by atoms with E-state index in [1.807, 2.05) is 18.2 Å². The second-order valence-corrected chi connectivity index (χ2v) is 5.40. The minimum atomic E-state index is -0.483. The van der Waals surface area contributed by atoms with Gasteiger partial charge < -0.3 is 10.6 Å². The maximum absolute atomic E-state index is 11.7. The van der Waals surface area contributed by atoms with Crippen molar-refractivity contribution in [3.8, 4) is 0 Å². The molecule has 1 saturated heterocycles. The van der Waals surface area contributed by atoms with Crippen LogP contribution < -0.4 is 10.6 Å². The van der Waals surface area contributed by atoms with Gasteiger partial charge in [0.2, 0.25) is 5.91 Å². The van der Waals surface area contributed by atoms with E-state index in [9.17, 15) is 4.79 Å². The monoisotopic (exact) mass is 266 g/mol. The van der Waals surface area contributed by atoms with Crippen LogP contribution in [0.4, 0.5) is 0 Å². The fourth-order valence-corrected chi connectivity index (χ4v) is 2.47. The topological polar surface area (TPSA) is 41.1 Å². The predicted octanol–water partition coefficient (Wildman–Crippen LogP) is 1.88. The molecule has 0 aromatic heterocycles. The summed E-state index contributed by atoms with van der Waals surface area (Å²) in [5, 5.41) is 5.87. The van der Waals surface area contributed by atoms with Gasteiger partial charge >= 0.3 is 0 Å². The number of piperidine rings is 1. The van der Waals surface area contributed by atoms with Crippen molar-refractivity contribution in [1.29, 1.82) is 0 Å². The van der Waals surface area contributed by atoms with Gasteiger partial charge in [-0.05, 0) is 25.5 Å². The highest BCUT2D eigenvalue weighted by atomic mass is 35.5. The van der Waals surface area contributed by atoms with Crippen molar-refractivity contribution >= 4 is 17.5 Å². The highest BCUT2D eigenvalue weighted by molar-refractivity contribution is 6.30. The number of carbonyl (C=O) groups excluding carboxylic acids is 1. The minimum absolute atomic E-state index is 0.0914. The number of hydrogen-bond donors (Lipinski definition) is 2. The third-order valence-corrected chi connectivity index (χ3v) is 3.60. The van der Waals surface area contributed by atoms with Gasteiger partial charge in [0.1, 0.15) is 5.38 Å². The number of carbonyl (C=O) groups is 1. The molecular formula is C14H19ClN2O. The molecule has 1 amide bonds. The molecule has 4 heteroatoms. The van der Waals surface area contributed by atoms with Crippen molar-refractivity contribution < 1.29 is 4.79 Å². The summed E-state index contributed by atoms with van der Waals surface area (Å²) in [6.45, 7) is 3.49. The molecular weight excluding hydrogens is 248 g/mol. The average molecular weight is 267 g/mol. The molecule has 1 aromatic rings.